The van der Waals surface area contributed by atoms with E-state index < -0.39 is 0 Å². The first kappa shape index (κ1) is 14.1. The molecule has 1 aromatic heterocycles. The second-order valence-corrected chi connectivity index (χ2v) is 5.99. The summed E-state index contributed by atoms with van der Waals surface area (Å²) in [4.78, 5) is 4.12. The normalized spacial score (nSPS) is 10.4. The molecule has 0 radical (unpaired) electrons. The molecule has 0 aliphatic carbocycles. The van der Waals surface area contributed by atoms with Crippen molar-refractivity contribution in [3.63, 3.8) is 0 Å². The third-order valence-corrected chi connectivity index (χ3v) is 3.81. The minimum Gasteiger partial charge on any atom is -0.486 e. The zero-order valence-corrected chi connectivity index (χ0v) is 13.6. The monoisotopic (exact) mass is 409 g/mol. The van der Waals surface area contributed by atoms with E-state index in [1.807, 2.05) is 18.2 Å². The number of halogens is 4. The first-order valence-electron chi connectivity index (χ1n) is 4.95. The Balaban J connectivity index is 2.13. The zero-order chi connectivity index (χ0) is 13.1. The largest absolute Gasteiger partial charge is 0.486 e. The smallest absolute Gasteiger partial charge is 0.134 e. The highest BCUT2D eigenvalue weighted by molar-refractivity contribution is 9.11. The SMILES string of the molecule is Clc1ccc(Cl)c(COc2ccc(Br)cc2Br)n1. The highest BCUT2D eigenvalue weighted by Gasteiger charge is 2.06. The van der Waals surface area contributed by atoms with Crippen molar-refractivity contribution < 1.29 is 4.74 Å². The fraction of sp³-hybridized carbons (Fsp3) is 0.0833. The lowest BCUT2D eigenvalue weighted by atomic mass is 10.3. The molecule has 94 valence electrons. The average Bonchev–Trinajstić information content (AvgIpc) is 2.32. The molecule has 2 aromatic rings. The van der Waals surface area contributed by atoms with Crippen molar-refractivity contribution in [2.24, 2.45) is 0 Å². The molecule has 0 fully saturated rings. The Morgan fingerprint density at radius 1 is 1.11 bits per heavy atom. The van der Waals surface area contributed by atoms with E-state index in [0.29, 0.717) is 15.9 Å². The number of hydrogen-bond donors (Lipinski definition) is 0. The Morgan fingerprint density at radius 3 is 2.61 bits per heavy atom. The van der Waals surface area contributed by atoms with Crippen LogP contribution in [0.15, 0.2) is 39.3 Å². The number of benzene rings is 1. The summed E-state index contributed by atoms with van der Waals surface area (Å²) in [7, 11) is 0. The van der Waals surface area contributed by atoms with Gasteiger partial charge in [0.1, 0.15) is 17.5 Å². The molecule has 0 saturated carbocycles. The number of ether oxygens (including phenoxy) is 1. The fourth-order valence-corrected chi connectivity index (χ4v) is 2.78. The van der Waals surface area contributed by atoms with E-state index in [0.717, 1.165) is 14.7 Å². The van der Waals surface area contributed by atoms with E-state index in [1.165, 1.54) is 0 Å². The van der Waals surface area contributed by atoms with Crippen molar-refractivity contribution in [1.82, 2.24) is 4.98 Å². The van der Waals surface area contributed by atoms with Crippen LogP contribution in [0.25, 0.3) is 0 Å². The third-order valence-electron chi connectivity index (χ3n) is 2.14. The van der Waals surface area contributed by atoms with Crippen LogP contribution < -0.4 is 4.74 Å². The molecule has 6 heteroatoms. The predicted molar refractivity (Wildman–Crippen MR) is 80.4 cm³/mol. The second kappa shape index (κ2) is 6.24. The Kier molecular flexibility index (Phi) is 4.90. The van der Waals surface area contributed by atoms with Gasteiger partial charge in [-0.2, -0.15) is 0 Å². The summed E-state index contributed by atoms with van der Waals surface area (Å²) in [6.45, 7) is 0.264. The molecular formula is C12H7Br2Cl2NO. The van der Waals surface area contributed by atoms with Gasteiger partial charge in [0, 0.05) is 4.47 Å². The summed E-state index contributed by atoms with van der Waals surface area (Å²) < 4.78 is 7.47. The van der Waals surface area contributed by atoms with Gasteiger partial charge in [0.15, 0.2) is 0 Å². The second-order valence-electron chi connectivity index (χ2n) is 3.43. The highest BCUT2D eigenvalue weighted by Crippen LogP contribution is 2.29. The lowest BCUT2D eigenvalue weighted by Gasteiger charge is -2.09. The van der Waals surface area contributed by atoms with Crippen LogP contribution in [0.1, 0.15) is 5.69 Å². The van der Waals surface area contributed by atoms with E-state index >= 15 is 0 Å². The standard InChI is InChI=1S/C12H7Br2Cl2NO/c13-7-1-3-11(8(14)5-7)18-6-10-9(15)2-4-12(16)17-10/h1-5H,6H2. The number of hydrogen-bond acceptors (Lipinski definition) is 2. The predicted octanol–water partition coefficient (Wildman–Crippen LogP) is 5.49. The summed E-state index contributed by atoms with van der Waals surface area (Å²) in [6.07, 6.45) is 0. The minimum absolute atomic E-state index is 0.264. The summed E-state index contributed by atoms with van der Waals surface area (Å²) in [6, 6.07) is 9.00. The van der Waals surface area contributed by atoms with Crippen LogP contribution in [0.4, 0.5) is 0 Å². The number of aromatic nitrogens is 1. The van der Waals surface area contributed by atoms with Crippen molar-refractivity contribution in [3.05, 3.63) is 55.1 Å². The maximum Gasteiger partial charge on any atom is 0.134 e. The average molecular weight is 412 g/mol. The van der Waals surface area contributed by atoms with Crippen LogP contribution in [0.2, 0.25) is 10.2 Å². The molecular weight excluding hydrogens is 405 g/mol. The Labute approximate surface area is 132 Å². The molecule has 0 bridgehead atoms. The van der Waals surface area contributed by atoms with Crippen molar-refractivity contribution in [3.8, 4) is 5.75 Å². The summed E-state index contributed by atoms with van der Waals surface area (Å²) in [5, 5.41) is 0.931. The lowest BCUT2D eigenvalue weighted by Crippen LogP contribution is -2.00. The Bertz CT molecular complexity index is 578. The Morgan fingerprint density at radius 2 is 1.89 bits per heavy atom. The van der Waals surface area contributed by atoms with Gasteiger partial charge < -0.3 is 4.74 Å². The molecule has 0 saturated heterocycles. The van der Waals surface area contributed by atoms with Gasteiger partial charge in [-0.25, -0.2) is 4.98 Å². The molecule has 0 spiro atoms. The quantitative estimate of drug-likeness (QED) is 0.623. The molecule has 0 unspecified atom stereocenters. The number of rotatable bonds is 3. The topological polar surface area (TPSA) is 22.1 Å². The van der Waals surface area contributed by atoms with Crippen molar-refractivity contribution in [2.45, 2.75) is 6.61 Å². The molecule has 0 atom stereocenters. The molecule has 2 nitrogen and oxygen atoms in total. The van der Waals surface area contributed by atoms with E-state index in [1.54, 1.807) is 12.1 Å². The fourth-order valence-electron chi connectivity index (χ4n) is 1.30. The minimum atomic E-state index is 0.264. The van der Waals surface area contributed by atoms with Crippen LogP contribution in [0, 0.1) is 0 Å². The molecule has 0 aliphatic heterocycles. The van der Waals surface area contributed by atoms with Crippen LogP contribution in [0.5, 0.6) is 5.75 Å². The molecule has 0 aliphatic rings. The van der Waals surface area contributed by atoms with Gasteiger partial charge >= 0.3 is 0 Å². The van der Waals surface area contributed by atoms with Gasteiger partial charge in [-0.05, 0) is 46.3 Å². The maximum absolute atomic E-state index is 6.01. The molecule has 18 heavy (non-hydrogen) atoms. The van der Waals surface area contributed by atoms with E-state index in [4.69, 9.17) is 27.9 Å². The van der Waals surface area contributed by atoms with E-state index in [9.17, 15) is 0 Å². The van der Waals surface area contributed by atoms with Crippen LogP contribution >= 0.6 is 55.1 Å². The molecule has 1 heterocycles. The van der Waals surface area contributed by atoms with Crippen molar-refractivity contribution in [2.75, 3.05) is 0 Å². The third kappa shape index (κ3) is 3.60. The molecule has 2 rings (SSSR count). The summed E-state index contributed by atoms with van der Waals surface area (Å²) in [5.41, 5.74) is 0.610. The van der Waals surface area contributed by atoms with Gasteiger partial charge in [-0.15, -0.1) is 0 Å². The van der Waals surface area contributed by atoms with Crippen molar-refractivity contribution >= 4 is 55.1 Å². The first-order chi connectivity index (χ1) is 8.56. The highest BCUT2D eigenvalue weighted by atomic mass is 79.9. The number of nitrogens with zero attached hydrogens (tertiary/aromatic N) is 1. The summed E-state index contributed by atoms with van der Waals surface area (Å²) in [5.74, 6) is 0.719. The van der Waals surface area contributed by atoms with Crippen LogP contribution in [0.3, 0.4) is 0 Å². The molecule has 0 amide bonds. The van der Waals surface area contributed by atoms with E-state index in [2.05, 4.69) is 36.8 Å². The first-order valence-corrected chi connectivity index (χ1v) is 7.29. The number of pyridine rings is 1. The van der Waals surface area contributed by atoms with Gasteiger partial charge in [0.25, 0.3) is 0 Å². The zero-order valence-electron chi connectivity index (χ0n) is 8.96. The van der Waals surface area contributed by atoms with Crippen molar-refractivity contribution in [1.29, 1.82) is 0 Å². The maximum atomic E-state index is 6.01. The van der Waals surface area contributed by atoms with Crippen LogP contribution in [-0.4, -0.2) is 4.98 Å². The van der Waals surface area contributed by atoms with Gasteiger partial charge in [-0.3, -0.25) is 0 Å². The lowest BCUT2D eigenvalue weighted by molar-refractivity contribution is 0.299. The summed E-state index contributed by atoms with van der Waals surface area (Å²) >= 11 is 18.6. The van der Waals surface area contributed by atoms with Gasteiger partial charge in [0.2, 0.25) is 0 Å². The van der Waals surface area contributed by atoms with Gasteiger partial charge in [0.05, 0.1) is 15.2 Å². The Hall–Kier alpha value is -0.290. The van der Waals surface area contributed by atoms with Gasteiger partial charge in [-0.1, -0.05) is 39.1 Å². The van der Waals surface area contributed by atoms with E-state index in [-0.39, 0.29) is 6.61 Å². The molecule has 1 aromatic carbocycles. The molecule has 0 N–H and O–H groups in total. The van der Waals surface area contributed by atoms with Crippen LogP contribution in [-0.2, 0) is 6.61 Å².